The van der Waals surface area contributed by atoms with E-state index in [9.17, 15) is 17.2 Å². The van der Waals surface area contributed by atoms with Gasteiger partial charge < -0.3 is 5.11 Å². The Morgan fingerprint density at radius 1 is 1.33 bits per heavy atom. The van der Waals surface area contributed by atoms with Crippen molar-refractivity contribution in [3.63, 3.8) is 0 Å². The monoisotopic (exact) mass is 317 g/mol. The maximum Gasteiger partial charge on any atom is 0.244 e. The zero-order chi connectivity index (χ0) is 16.0. The first-order valence-corrected chi connectivity index (χ1v) is 7.84. The van der Waals surface area contributed by atoms with Gasteiger partial charge in [-0.25, -0.2) is 21.9 Å². The number of hydrogen-bond acceptors (Lipinski definition) is 3. The summed E-state index contributed by atoms with van der Waals surface area (Å²) in [7, 11) is -4.13. The molecule has 0 saturated heterocycles. The summed E-state index contributed by atoms with van der Waals surface area (Å²) in [5.41, 5.74) is -0.266. The first-order chi connectivity index (χ1) is 9.77. The predicted molar refractivity (Wildman–Crippen MR) is 75.0 cm³/mol. The summed E-state index contributed by atoms with van der Waals surface area (Å²) in [4.78, 5) is -0.671. The average Bonchev–Trinajstić information content (AvgIpc) is 2.35. The summed E-state index contributed by atoms with van der Waals surface area (Å²) in [6.07, 6.45) is 0.0804. The highest BCUT2D eigenvalue weighted by Gasteiger charge is 2.24. The van der Waals surface area contributed by atoms with Crippen molar-refractivity contribution in [1.82, 2.24) is 4.72 Å². The smallest absolute Gasteiger partial charge is 0.244 e. The van der Waals surface area contributed by atoms with Crippen molar-refractivity contribution in [3.8, 4) is 11.8 Å². The Hall–Kier alpha value is -1.49. The van der Waals surface area contributed by atoms with E-state index in [1.807, 2.05) is 0 Å². The molecule has 0 saturated carbocycles. The van der Waals surface area contributed by atoms with Crippen LogP contribution in [-0.4, -0.2) is 26.7 Å². The number of aliphatic hydroxyl groups is 1. The van der Waals surface area contributed by atoms with Gasteiger partial charge in [0.25, 0.3) is 0 Å². The van der Waals surface area contributed by atoms with Gasteiger partial charge in [0.15, 0.2) is 0 Å². The average molecular weight is 317 g/mol. The van der Waals surface area contributed by atoms with Gasteiger partial charge in [0.2, 0.25) is 10.0 Å². The summed E-state index contributed by atoms with van der Waals surface area (Å²) < 4.78 is 53.6. The third-order valence-corrected chi connectivity index (χ3v) is 3.92. The van der Waals surface area contributed by atoms with Gasteiger partial charge in [-0.1, -0.05) is 25.7 Å². The summed E-state index contributed by atoms with van der Waals surface area (Å²) >= 11 is 0. The van der Waals surface area contributed by atoms with Gasteiger partial charge in [0.05, 0.1) is 12.2 Å². The van der Waals surface area contributed by atoms with Crippen LogP contribution in [0.15, 0.2) is 17.0 Å². The second kappa shape index (κ2) is 7.50. The van der Waals surface area contributed by atoms with E-state index in [0.717, 1.165) is 6.07 Å². The van der Waals surface area contributed by atoms with Crippen molar-refractivity contribution >= 4 is 10.0 Å². The molecule has 0 aliphatic rings. The molecule has 116 valence electrons. The van der Waals surface area contributed by atoms with Crippen molar-refractivity contribution in [1.29, 1.82) is 0 Å². The summed E-state index contributed by atoms with van der Waals surface area (Å²) in [6.45, 7) is 3.50. The lowest BCUT2D eigenvalue weighted by atomic mass is 10.2. The first kappa shape index (κ1) is 17.6. The molecule has 0 radical (unpaired) electrons. The van der Waals surface area contributed by atoms with E-state index in [0.29, 0.717) is 6.07 Å². The van der Waals surface area contributed by atoms with Crippen LogP contribution in [0.3, 0.4) is 0 Å². The Morgan fingerprint density at radius 2 is 2.00 bits per heavy atom. The molecule has 0 fully saturated rings. The highest BCUT2D eigenvalue weighted by molar-refractivity contribution is 7.89. The van der Waals surface area contributed by atoms with Crippen LogP contribution in [0.4, 0.5) is 8.78 Å². The van der Waals surface area contributed by atoms with Gasteiger partial charge in [0.1, 0.15) is 16.5 Å². The summed E-state index contributed by atoms with van der Waals surface area (Å²) in [5, 5.41) is 8.65. The fourth-order valence-electron chi connectivity index (χ4n) is 1.49. The summed E-state index contributed by atoms with van der Waals surface area (Å²) in [5.74, 6) is 2.76. The Bertz CT molecular complexity index is 661. The molecule has 0 unspecified atom stereocenters. The molecule has 4 nitrogen and oxygen atoms in total. The minimum absolute atomic E-state index is 0.0345. The van der Waals surface area contributed by atoms with Crippen molar-refractivity contribution in [3.05, 3.63) is 29.3 Å². The van der Waals surface area contributed by atoms with Crippen LogP contribution in [-0.2, 0) is 10.0 Å². The lowest BCUT2D eigenvalue weighted by Crippen LogP contribution is -2.29. The number of benzene rings is 1. The lowest BCUT2D eigenvalue weighted by molar-refractivity contribution is 0.305. The van der Waals surface area contributed by atoms with Gasteiger partial charge in [-0.15, -0.1) is 0 Å². The maximum absolute atomic E-state index is 13.9. The van der Waals surface area contributed by atoms with Crippen molar-refractivity contribution < 1.29 is 22.3 Å². The number of hydrogen-bond donors (Lipinski definition) is 2. The largest absolute Gasteiger partial charge is 0.395 e. The highest BCUT2D eigenvalue weighted by atomic mass is 32.2. The third-order valence-electron chi connectivity index (χ3n) is 2.42. The second-order valence-electron chi connectivity index (χ2n) is 4.79. The van der Waals surface area contributed by atoms with E-state index in [-0.39, 0.29) is 31.1 Å². The second-order valence-corrected chi connectivity index (χ2v) is 6.49. The minimum Gasteiger partial charge on any atom is -0.395 e. The molecule has 0 atom stereocenters. The molecular formula is C14H17F2NO3S. The van der Waals surface area contributed by atoms with Crippen LogP contribution < -0.4 is 4.72 Å². The van der Waals surface area contributed by atoms with E-state index in [1.165, 1.54) is 0 Å². The standard InChI is InChI=1S/C14H17F2NO3S/c1-10(2)9-17-21(19,20)14-11(5-3-4-6-18)7-12(15)8-13(14)16/h7-8,10,17-18H,4,6,9H2,1-2H3. The molecule has 0 aromatic heterocycles. The number of halogens is 2. The van der Waals surface area contributed by atoms with Gasteiger partial charge in [0, 0.05) is 19.0 Å². The van der Waals surface area contributed by atoms with E-state index in [1.54, 1.807) is 13.8 Å². The maximum atomic E-state index is 13.9. The Kier molecular flexibility index (Phi) is 6.27. The molecule has 0 aliphatic heterocycles. The zero-order valence-electron chi connectivity index (χ0n) is 11.8. The van der Waals surface area contributed by atoms with E-state index in [4.69, 9.17) is 5.11 Å². The Morgan fingerprint density at radius 3 is 2.57 bits per heavy atom. The van der Waals surface area contributed by atoms with E-state index >= 15 is 0 Å². The molecule has 0 spiro atoms. The molecule has 1 aromatic rings. The number of sulfonamides is 1. The topological polar surface area (TPSA) is 66.4 Å². The van der Waals surface area contributed by atoms with Gasteiger partial charge in [-0.2, -0.15) is 0 Å². The molecule has 1 rings (SSSR count). The third kappa shape index (κ3) is 5.08. The van der Waals surface area contributed by atoms with Crippen LogP contribution in [0, 0.1) is 29.4 Å². The molecule has 1 aromatic carbocycles. The predicted octanol–water partition coefficient (Wildman–Crippen LogP) is 1.63. The van der Waals surface area contributed by atoms with E-state index in [2.05, 4.69) is 16.6 Å². The molecule has 21 heavy (non-hydrogen) atoms. The number of rotatable bonds is 5. The first-order valence-electron chi connectivity index (χ1n) is 6.36. The van der Waals surface area contributed by atoms with Crippen LogP contribution in [0.1, 0.15) is 25.8 Å². The zero-order valence-corrected chi connectivity index (χ0v) is 12.6. The molecule has 0 amide bonds. The number of aliphatic hydroxyl groups excluding tert-OH is 1. The SMILES string of the molecule is CC(C)CNS(=O)(=O)c1c(F)cc(F)cc1C#CCCO. The minimum atomic E-state index is -4.13. The van der Waals surface area contributed by atoms with Crippen LogP contribution in [0.5, 0.6) is 0 Å². The molecule has 0 bridgehead atoms. The van der Waals surface area contributed by atoms with Crippen LogP contribution in [0.2, 0.25) is 0 Å². The highest BCUT2D eigenvalue weighted by Crippen LogP contribution is 2.21. The fourth-order valence-corrected chi connectivity index (χ4v) is 2.90. The van der Waals surface area contributed by atoms with E-state index < -0.39 is 26.6 Å². The van der Waals surface area contributed by atoms with Crippen molar-refractivity contribution in [2.24, 2.45) is 5.92 Å². The van der Waals surface area contributed by atoms with Gasteiger partial charge in [-0.05, 0) is 12.0 Å². The fraction of sp³-hybridized carbons (Fsp3) is 0.429. The molecule has 7 heteroatoms. The lowest BCUT2D eigenvalue weighted by Gasteiger charge is -2.11. The molecule has 0 aliphatic carbocycles. The molecule has 2 N–H and O–H groups in total. The van der Waals surface area contributed by atoms with Crippen molar-refractivity contribution in [2.45, 2.75) is 25.2 Å². The quantitative estimate of drug-likeness (QED) is 0.811. The van der Waals surface area contributed by atoms with Crippen molar-refractivity contribution in [2.75, 3.05) is 13.2 Å². The summed E-state index contributed by atoms with van der Waals surface area (Å²) in [6, 6.07) is 1.36. The van der Waals surface area contributed by atoms with Crippen LogP contribution in [0.25, 0.3) is 0 Å². The normalized spacial score (nSPS) is 11.3. The Labute approximate surface area is 123 Å². The van der Waals surface area contributed by atoms with Gasteiger partial charge in [-0.3, -0.25) is 0 Å². The van der Waals surface area contributed by atoms with Gasteiger partial charge >= 0.3 is 0 Å². The molecule has 0 heterocycles. The Balaban J connectivity index is 3.31. The number of nitrogens with one attached hydrogen (secondary N) is 1. The van der Waals surface area contributed by atoms with Crippen LogP contribution >= 0.6 is 0 Å². The molecular weight excluding hydrogens is 300 g/mol.